The molecule has 4 heterocycles. The molecule has 0 amide bonds. The van der Waals surface area contributed by atoms with Gasteiger partial charge >= 0.3 is 0 Å². The Balaban J connectivity index is 0.000000291. The van der Waals surface area contributed by atoms with E-state index in [1.165, 1.54) is 0 Å². The summed E-state index contributed by atoms with van der Waals surface area (Å²) in [4.78, 5) is 13.7. The Morgan fingerprint density at radius 3 is 2.33 bits per heavy atom. The number of rotatable bonds is 4. The van der Waals surface area contributed by atoms with Gasteiger partial charge in [0, 0.05) is 46.7 Å². The van der Waals surface area contributed by atoms with Gasteiger partial charge in [0.15, 0.2) is 0 Å². The zero-order valence-corrected chi connectivity index (χ0v) is 31.5. The fraction of sp³-hybridized carbons (Fsp3) is 0.186. The van der Waals surface area contributed by atoms with Crippen molar-refractivity contribution in [1.82, 2.24) is 15.0 Å². The number of aryl methyl sites for hydroxylation is 3. The van der Waals surface area contributed by atoms with Crippen molar-refractivity contribution in [2.45, 2.75) is 47.9 Å². The molecule has 0 spiro atoms. The minimum atomic E-state index is -1.60. The number of pyridine rings is 2. The van der Waals surface area contributed by atoms with Crippen LogP contribution in [0.5, 0.6) is 0 Å². The van der Waals surface area contributed by atoms with Crippen LogP contribution in [0.1, 0.15) is 45.2 Å². The minimum absolute atomic E-state index is 0. The van der Waals surface area contributed by atoms with Crippen LogP contribution in [0.3, 0.4) is 0 Å². The van der Waals surface area contributed by atoms with Crippen molar-refractivity contribution in [1.29, 1.82) is 0 Å². The van der Waals surface area contributed by atoms with E-state index in [1.807, 2.05) is 100 Å². The molecule has 0 saturated heterocycles. The molecule has 8 aromatic rings. The minimum Gasteiger partial charge on any atom is -0.501 e. The van der Waals surface area contributed by atoms with Gasteiger partial charge in [0.05, 0.1) is 20.8 Å². The van der Waals surface area contributed by atoms with E-state index in [0.717, 1.165) is 76.2 Å². The standard InChI is InChI=1S/C32H29N2OS.C11H8N.Ir/c1-18-9-7-10-19(2)30(18)24-13-26(33-17-21(24)16-32(4,5)6)23-12-8-11-22-25-14-29-27(34-20(3)36-29)15-28(25)35-31(22)23;1-2-6-10(7-3-1)11-8-4-5-9-12-11;/h7-11,13-15,17H,16H2,1-6H3;1-6,8-9H;/q2*-1;/i16D2;;. The van der Waals surface area contributed by atoms with Crippen LogP contribution in [0, 0.1) is 38.3 Å². The van der Waals surface area contributed by atoms with Crippen molar-refractivity contribution in [3.8, 4) is 33.6 Å². The number of furan rings is 1. The first-order valence-electron chi connectivity index (χ1n) is 17.0. The SMILES string of the molecule is [2H]C([2H])(c1cnc(-c2[c-]ccc3c2oc2cc4nc(C)sc4cc23)cc1-c1c(C)cccc1C)C(C)(C)C.[Ir].[c-]1ccccc1-c1ccccn1. The number of benzene rings is 4. The summed E-state index contributed by atoms with van der Waals surface area (Å²) in [6, 6.07) is 36.5. The topological polar surface area (TPSA) is 51.8 Å². The molecular formula is C43H37IrN3OS-2. The van der Waals surface area contributed by atoms with Crippen molar-refractivity contribution in [3.05, 3.63) is 137 Å². The maximum Gasteiger partial charge on any atom is 0.123 e. The molecule has 0 N–H and O–H groups in total. The summed E-state index contributed by atoms with van der Waals surface area (Å²) in [5.74, 6) is 0. The van der Waals surface area contributed by atoms with Gasteiger partial charge in [0.2, 0.25) is 0 Å². The van der Waals surface area contributed by atoms with E-state index in [-0.39, 0.29) is 20.1 Å². The fourth-order valence-electron chi connectivity index (χ4n) is 6.08. The van der Waals surface area contributed by atoms with Crippen molar-refractivity contribution in [2.24, 2.45) is 5.41 Å². The second kappa shape index (κ2) is 14.2. The third-order valence-corrected chi connectivity index (χ3v) is 9.05. The van der Waals surface area contributed by atoms with Crippen LogP contribution in [0.15, 0.2) is 108 Å². The Morgan fingerprint density at radius 2 is 1.61 bits per heavy atom. The van der Waals surface area contributed by atoms with Gasteiger partial charge in [-0.1, -0.05) is 68.1 Å². The first-order valence-corrected chi connectivity index (χ1v) is 16.8. The quantitative estimate of drug-likeness (QED) is 0.166. The molecule has 247 valence electrons. The van der Waals surface area contributed by atoms with Gasteiger partial charge in [0.25, 0.3) is 0 Å². The molecule has 0 bridgehead atoms. The van der Waals surface area contributed by atoms with Gasteiger partial charge < -0.3 is 14.4 Å². The molecule has 0 aliphatic rings. The number of aromatic nitrogens is 3. The van der Waals surface area contributed by atoms with Gasteiger partial charge in [-0.05, 0) is 83.9 Å². The monoisotopic (exact) mass is 838 g/mol. The van der Waals surface area contributed by atoms with E-state index in [2.05, 4.69) is 54.1 Å². The molecule has 0 fully saturated rings. The first-order chi connectivity index (χ1) is 23.9. The number of nitrogens with zero attached hydrogens (tertiary/aromatic N) is 3. The Hall–Kier alpha value is -4.48. The largest absolute Gasteiger partial charge is 0.501 e. The van der Waals surface area contributed by atoms with E-state index in [9.17, 15) is 0 Å². The molecule has 0 aliphatic carbocycles. The summed E-state index contributed by atoms with van der Waals surface area (Å²) >= 11 is 1.68. The maximum atomic E-state index is 9.10. The van der Waals surface area contributed by atoms with Crippen LogP contribution >= 0.6 is 11.3 Å². The smallest absolute Gasteiger partial charge is 0.123 e. The maximum absolute atomic E-state index is 9.10. The Bertz CT molecular complexity index is 2430. The molecule has 4 aromatic heterocycles. The van der Waals surface area contributed by atoms with Gasteiger partial charge in [0.1, 0.15) is 5.58 Å². The van der Waals surface area contributed by atoms with Gasteiger partial charge in [-0.3, -0.25) is 0 Å². The summed E-state index contributed by atoms with van der Waals surface area (Å²) in [5.41, 5.74) is 9.99. The van der Waals surface area contributed by atoms with Crippen molar-refractivity contribution in [2.75, 3.05) is 0 Å². The molecule has 49 heavy (non-hydrogen) atoms. The Labute approximate surface area is 308 Å². The average Bonchev–Trinajstić information content (AvgIpc) is 3.65. The van der Waals surface area contributed by atoms with Crippen molar-refractivity contribution in [3.63, 3.8) is 0 Å². The summed E-state index contributed by atoms with van der Waals surface area (Å²) in [6.07, 6.45) is 1.89. The van der Waals surface area contributed by atoms with Crippen LogP contribution in [-0.4, -0.2) is 15.0 Å². The van der Waals surface area contributed by atoms with Crippen LogP contribution in [-0.2, 0) is 26.5 Å². The molecule has 0 saturated carbocycles. The van der Waals surface area contributed by atoms with E-state index < -0.39 is 11.8 Å². The molecule has 0 atom stereocenters. The van der Waals surface area contributed by atoms with Crippen molar-refractivity contribution >= 4 is 43.5 Å². The molecule has 8 rings (SSSR count). The third kappa shape index (κ3) is 7.28. The van der Waals surface area contributed by atoms with Crippen LogP contribution in [0.2, 0.25) is 0 Å². The van der Waals surface area contributed by atoms with Crippen LogP contribution in [0.25, 0.3) is 65.8 Å². The van der Waals surface area contributed by atoms with Crippen LogP contribution < -0.4 is 0 Å². The zero-order chi connectivity index (χ0) is 35.2. The first kappa shape index (κ1) is 31.8. The molecule has 4 aromatic carbocycles. The zero-order valence-electron chi connectivity index (χ0n) is 30.3. The Morgan fingerprint density at radius 1 is 0.816 bits per heavy atom. The normalized spacial score (nSPS) is 12.3. The van der Waals surface area contributed by atoms with Gasteiger partial charge in [-0.15, -0.1) is 65.4 Å². The second-order valence-corrected chi connectivity index (χ2v) is 14.2. The average molecular weight is 838 g/mol. The third-order valence-electron chi connectivity index (χ3n) is 8.12. The van der Waals surface area contributed by atoms with E-state index in [0.29, 0.717) is 11.3 Å². The van der Waals surface area contributed by atoms with E-state index in [4.69, 9.17) is 12.1 Å². The molecule has 6 heteroatoms. The predicted molar refractivity (Wildman–Crippen MR) is 200 cm³/mol. The number of hydrogen-bond acceptors (Lipinski definition) is 5. The molecule has 4 nitrogen and oxygen atoms in total. The van der Waals surface area contributed by atoms with E-state index in [1.54, 1.807) is 23.7 Å². The number of hydrogen-bond donors (Lipinski definition) is 0. The van der Waals surface area contributed by atoms with E-state index >= 15 is 0 Å². The van der Waals surface area contributed by atoms with Gasteiger partial charge in [-0.2, -0.15) is 0 Å². The van der Waals surface area contributed by atoms with Crippen molar-refractivity contribution < 1.29 is 27.3 Å². The molecule has 0 aliphatic heterocycles. The number of fused-ring (bicyclic) bond motifs is 4. The summed E-state index contributed by atoms with van der Waals surface area (Å²) < 4.78 is 25.7. The summed E-state index contributed by atoms with van der Waals surface area (Å²) in [7, 11) is 0. The van der Waals surface area contributed by atoms with Gasteiger partial charge in [-0.25, -0.2) is 4.98 Å². The van der Waals surface area contributed by atoms with Crippen LogP contribution in [0.4, 0.5) is 0 Å². The Kier molecular flexibility index (Phi) is 9.19. The summed E-state index contributed by atoms with van der Waals surface area (Å²) in [5, 5.41) is 3.08. The molecule has 1 radical (unpaired) electrons. The molecular weight excluding hydrogens is 799 g/mol. The fourth-order valence-corrected chi connectivity index (χ4v) is 6.93. The predicted octanol–water partition coefficient (Wildman–Crippen LogP) is 11.8. The number of thiazole rings is 1. The molecule has 0 unspecified atom stereocenters. The second-order valence-electron chi connectivity index (χ2n) is 13.0. The summed E-state index contributed by atoms with van der Waals surface area (Å²) in [6.45, 7) is 12.0.